The van der Waals surface area contributed by atoms with Crippen LogP contribution in [0, 0.1) is 5.92 Å². The third-order valence-electron chi connectivity index (χ3n) is 3.57. The van der Waals surface area contributed by atoms with Crippen LogP contribution in [0.5, 0.6) is 0 Å². The van der Waals surface area contributed by atoms with Crippen molar-refractivity contribution in [1.82, 2.24) is 4.90 Å². The molecule has 0 bridgehead atoms. The summed E-state index contributed by atoms with van der Waals surface area (Å²) in [5, 5.41) is 0. The molecule has 0 spiro atoms. The summed E-state index contributed by atoms with van der Waals surface area (Å²) in [5.41, 5.74) is 7.68. The minimum absolute atomic E-state index is 0.411. The van der Waals surface area contributed by atoms with Gasteiger partial charge >= 0.3 is 0 Å². The summed E-state index contributed by atoms with van der Waals surface area (Å²) >= 11 is 3.42. The molecule has 1 aromatic rings. The van der Waals surface area contributed by atoms with Crippen LogP contribution in [0.1, 0.15) is 23.6 Å². The monoisotopic (exact) mass is 300 g/mol. The van der Waals surface area contributed by atoms with Crippen LogP contribution in [0.4, 0.5) is 4.39 Å². The van der Waals surface area contributed by atoms with Crippen molar-refractivity contribution in [1.29, 1.82) is 0 Å². The van der Waals surface area contributed by atoms with E-state index in [2.05, 4.69) is 27.9 Å². The molecule has 0 saturated carbocycles. The Bertz CT molecular complexity index is 397. The molecule has 17 heavy (non-hydrogen) atoms. The third kappa shape index (κ3) is 2.69. The average Bonchev–Trinajstić information content (AvgIpc) is 2.70. The van der Waals surface area contributed by atoms with Gasteiger partial charge in [-0.3, -0.25) is 4.90 Å². The molecule has 4 heteroatoms. The largest absolute Gasteiger partial charge is 0.330 e. The zero-order valence-electron chi connectivity index (χ0n) is 10.00. The molecule has 2 N–H and O–H groups in total. The summed E-state index contributed by atoms with van der Waals surface area (Å²) in [7, 11) is 2.12. The summed E-state index contributed by atoms with van der Waals surface area (Å²) < 4.78 is 13.5. The average molecular weight is 301 g/mol. The Kier molecular flexibility index (Phi) is 4.17. The molecule has 1 saturated heterocycles. The van der Waals surface area contributed by atoms with Gasteiger partial charge in [0.25, 0.3) is 0 Å². The Balaban J connectivity index is 2.20. The van der Waals surface area contributed by atoms with Crippen molar-refractivity contribution in [2.45, 2.75) is 19.1 Å². The van der Waals surface area contributed by atoms with Crippen molar-refractivity contribution in [2.24, 2.45) is 11.7 Å². The summed E-state index contributed by atoms with van der Waals surface area (Å²) in [4.78, 5) is 2.33. The lowest BCUT2D eigenvalue weighted by atomic mass is 9.99. The second-order valence-electron chi connectivity index (χ2n) is 4.78. The molecule has 94 valence electrons. The molecule has 2 rings (SSSR count). The molecule has 0 amide bonds. The van der Waals surface area contributed by atoms with Gasteiger partial charge in [-0.2, -0.15) is 0 Å². The smallest absolute Gasteiger partial charge is 0.116 e. The molecule has 2 atom stereocenters. The van der Waals surface area contributed by atoms with Gasteiger partial charge < -0.3 is 5.73 Å². The van der Waals surface area contributed by atoms with Gasteiger partial charge in [-0.05, 0) is 43.1 Å². The molecule has 0 aliphatic carbocycles. The molecule has 1 aliphatic heterocycles. The fourth-order valence-electron chi connectivity index (χ4n) is 2.55. The zero-order chi connectivity index (χ0) is 12.4. The fourth-order valence-corrected chi connectivity index (χ4v) is 3.05. The number of alkyl halides is 1. The van der Waals surface area contributed by atoms with E-state index in [4.69, 9.17) is 5.73 Å². The Morgan fingerprint density at radius 3 is 2.82 bits per heavy atom. The maximum Gasteiger partial charge on any atom is 0.116 e. The topological polar surface area (TPSA) is 29.3 Å². The number of nitrogens with zero attached hydrogens (tertiary/aromatic N) is 1. The highest BCUT2D eigenvalue weighted by Gasteiger charge is 2.29. The zero-order valence-corrected chi connectivity index (χ0v) is 11.6. The van der Waals surface area contributed by atoms with E-state index in [0.29, 0.717) is 17.5 Å². The first-order chi connectivity index (χ1) is 8.15. The van der Waals surface area contributed by atoms with Crippen molar-refractivity contribution in [3.8, 4) is 0 Å². The molecular formula is C13H18BrFN2. The van der Waals surface area contributed by atoms with E-state index in [9.17, 15) is 4.39 Å². The van der Waals surface area contributed by atoms with Gasteiger partial charge in [0.05, 0.1) is 0 Å². The van der Waals surface area contributed by atoms with Crippen LogP contribution in [0.2, 0.25) is 0 Å². The highest BCUT2D eigenvalue weighted by molar-refractivity contribution is 9.10. The van der Waals surface area contributed by atoms with E-state index in [1.807, 2.05) is 18.2 Å². The van der Waals surface area contributed by atoms with Gasteiger partial charge in [-0.15, -0.1) is 0 Å². The lowest BCUT2D eigenvalue weighted by molar-refractivity contribution is 0.313. The SMILES string of the molecule is CN1CC(CN)CC1c1ccc(CF)c(Br)c1. The lowest BCUT2D eigenvalue weighted by Crippen LogP contribution is -2.20. The van der Waals surface area contributed by atoms with Crippen molar-refractivity contribution in [3.63, 3.8) is 0 Å². The van der Waals surface area contributed by atoms with Crippen LogP contribution in [0.3, 0.4) is 0 Å². The van der Waals surface area contributed by atoms with Crippen molar-refractivity contribution >= 4 is 15.9 Å². The molecule has 1 aromatic carbocycles. The van der Waals surface area contributed by atoms with Crippen LogP contribution in [0.15, 0.2) is 22.7 Å². The first kappa shape index (κ1) is 13.0. The molecule has 2 nitrogen and oxygen atoms in total. The molecular weight excluding hydrogens is 283 g/mol. The van der Waals surface area contributed by atoms with Crippen molar-refractivity contribution in [3.05, 3.63) is 33.8 Å². The molecule has 0 radical (unpaired) electrons. The van der Waals surface area contributed by atoms with Gasteiger partial charge in [0, 0.05) is 17.1 Å². The van der Waals surface area contributed by atoms with Crippen molar-refractivity contribution in [2.75, 3.05) is 20.1 Å². The Morgan fingerprint density at radius 1 is 1.53 bits per heavy atom. The first-order valence-corrected chi connectivity index (χ1v) is 6.69. The molecule has 1 fully saturated rings. The van der Waals surface area contributed by atoms with Crippen LogP contribution in [0.25, 0.3) is 0 Å². The Labute approximate surface area is 110 Å². The maximum absolute atomic E-state index is 12.6. The summed E-state index contributed by atoms with van der Waals surface area (Å²) in [6, 6.07) is 6.34. The third-order valence-corrected chi connectivity index (χ3v) is 4.31. The van der Waals surface area contributed by atoms with Gasteiger partial charge in [0.1, 0.15) is 6.67 Å². The maximum atomic E-state index is 12.6. The van der Waals surface area contributed by atoms with Gasteiger partial charge in [0.2, 0.25) is 0 Å². The number of halogens is 2. The normalized spacial score (nSPS) is 25.4. The second kappa shape index (κ2) is 5.46. The quantitative estimate of drug-likeness (QED) is 0.930. The number of hydrogen-bond donors (Lipinski definition) is 1. The number of nitrogens with two attached hydrogens (primary N) is 1. The lowest BCUT2D eigenvalue weighted by Gasteiger charge is -2.20. The summed E-state index contributed by atoms with van der Waals surface area (Å²) in [6.07, 6.45) is 1.09. The molecule has 2 unspecified atom stereocenters. The van der Waals surface area contributed by atoms with Crippen molar-refractivity contribution < 1.29 is 4.39 Å². The van der Waals surface area contributed by atoms with E-state index in [1.165, 1.54) is 5.56 Å². The minimum atomic E-state index is -0.424. The fraction of sp³-hybridized carbons (Fsp3) is 0.538. The number of rotatable bonds is 3. The molecule has 0 aromatic heterocycles. The molecule has 1 heterocycles. The van der Waals surface area contributed by atoms with Crippen LogP contribution >= 0.6 is 15.9 Å². The second-order valence-corrected chi connectivity index (χ2v) is 5.63. The number of likely N-dealkylation sites (tertiary alicyclic amines) is 1. The van der Waals surface area contributed by atoms with E-state index < -0.39 is 6.67 Å². The van der Waals surface area contributed by atoms with E-state index >= 15 is 0 Å². The van der Waals surface area contributed by atoms with E-state index in [0.717, 1.165) is 24.0 Å². The summed E-state index contributed by atoms with van der Waals surface area (Å²) in [6.45, 7) is 1.36. The predicted molar refractivity (Wildman–Crippen MR) is 71.5 cm³/mol. The first-order valence-electron chi connectivity index (χ1n) is 5.90. The predicted octanol–water partition coefficient (Wildman–Crippen LogP) is 2.87. The standard InChI is InChI=1S/C13H18BrFN2/c1-17-8-9(7-16)4-13(17)10-2-3-11(6-15)12(14)5-10/h2-3,5,9,13H,4,6-8,16H2,1H3. The van der Waals surface area contributed by atoms with E-state index in [1.54, 1.807) is 0 Å². The van der Waals surface area contributed by atoms with E-state index in [-0.39, 0.29) is 0 Å². The number of benzene rings is 1. The summed E-state index contributed by atoms with van der Waals surface area (Å²) in [5.74, 6) is 0.574. The highest BCUT2D eigenvalue weighted by Crippen LogP contribution is 2.35. The van der Waals surface area contributed by atoms with Crippen LogP contribution in [-0.4, -0.2) is 25.0 Å². The Hall–Kier alpha value is -0.450. The van der Waals surface area contributed by atoms with Crippen LogP contribution in [-0.2, 0) is 6.67 Å². The Morgan fingerprint density at radius 2 is 2.29 bits per heavy atom. The molecule has 1 aliphatic rings. The van der Waals surface area contributed by atoms with Gasteiger partial charge in [-0.1, -0.05) is 28.1 Å². The van der Waals surface area contributed by atoms with Crippen LogP contribution < -0.4 is 5.73 Å². The number of hydrogen-bond acceptors (Lipinski definition) is 2. The van der Waals surface area contributed by atoms with Gasteiger partial charge in [0.15, 0.2) is 0 Å². The minimum Gasteiger partial charge on any atom is -0.330 e. The van der Waals surface area contributed by atoms with Gasteiger partial charge in [-0.25, -0.2) is 4.39 Å². The highest BCUT2D eigenvalue weighted by atomic mass is 79.9.